The van der Waals surface area contributed by atoms with Crippen LogP contribution in [-0.2, 0) is 0 Å². The number of amides is 1. The molecule has 1 fully saturated rings. The minimum absolute atomic E-state index is 0.101. The fraction of sp³-hybridized carbons (Fsp3) is 0.429. The van der Waals surface area contributed by atoms with Crippen molar-refractivity contribution in [1.82, 2.24) is 9.88 Å². The van der Waals surface area contributed by atoms with Gasteiger partial charge in [0.15, 0.2) is 0 Å². The zero-order valence-electron chi connectivity index (χ0n) is 10.1. The van der Waals surface area contributed by atoms with Gasteiger partial charge >= 0.3 is 0 Å². The SMILES string of the molecule is O=C(c1cncc(F)c1)N1C[C@H]2CC=CC[C@H]2C1. The van der Waals surface area contributed by atoms with Gasteiger partial charge < -0.3 is 4.90 Å². The van der Waals surface area contributed by atoms with Gasteiger partial charge in [0.05, 0.1) is 11.8 Å². The van der Waals surface area contributed by atoms with Crippen molar-refractivity contribution < 1.29 is 9.18 Å². The smallest absolute Gasteiger partial charge is 0.255 e. The summed E-state index contributed by atoms with van der Waals surface area (Å²) in [5.41, 5.74) is 0.349. The summed E-state index contributed by atoms with van der Waals surface area (Å²) in [5.74, 6) is 0.580. The molecule has 1 aliphatic heterocycles. The van der Waals surface area contributed by atoms with E-state index in [-0.39, 0.29) is 5.91 Å². The van der Waals surface area contributed by atoms with Crippen molar-refractivity contribution in [3.05, 3.63) is 42.0 Å². The van der Waals surface area contributed by atoms with Crippen LogP contribution in [0.4, 0.5) is 4.39 Å². The van der Waals surface area contributed by atoms with E-state index in [9.17, 15) is 9.18 Å². The Morgan fingerprint density at radius 2 is 1.89 bits per heavy atom. The van der Waals surface area contributed by atoms with Crippen molar-refractivity contribution in [2.24, 2.45) is 11.8 Å². The summed E-state index contributed by atoms with van der Waals surface area (Å²) in [6.07, 6.45) is 9.04. The van der Waals surface area contributed by atoms with E-state index >= 15 is 0 Å². The van der Waals surface area contributed by atoms with E-state index < -0.39 is 5.82 Å². The van der Waals surface area contributed by atoms with Gasteiger partial charge in [0.2, 0.25) is 0 Å². The number of hydrogen-bond acceptors (Lipinski definition) is 2. The average molecular weight is 246 g/mol. The second-order valence-corrected chi connectivity index (χ2v) is 5.06. The van der Waals surface area contributed by atoms with E-state index in [0.29, 0.717) is 17.4 Å². The number of allylic oxidation sites excluding steroid dienone is 2. The van der Waals surface area contributed by atoms with Gasteiger partial charge in [-0.2, -0.15) is 0 Å². The molecule has 1 aromatic rings. The van der Waals surface area contributed by atoms with Gasteiger partial charge in [0.25, 0.3) is 5.91 Å². The highest BCUT2D eigenvalue weighted by molar-refractivity contribution is 5.94. The molecule has 1 saturated heterocycles. The first-order chi connectivity index (χ1) is 8.74. The van der Waals surface area contributed by atoms with Crippen LogP contribution in [0, 0.1) is 17.7 Å². The molecule has 0 aromatic carbocycles. The predicted octanol–water partition coefficient (Wildman–Crippen LogP) is 2.26. The Kier molecular flexibility index (Phi) is 2.86. The number of aromatic nitrogens is 1. The van der Waals surface area contributed by atoms with E-state index in [2.05, 4.69) is 17.1 Å². The minimum Gasteiger partial charge on any atom is -0.338 e. The Bertz CT molecular complexity index is 484. The predicted molar refractivity (Wildman–Crippen MR) is 65.5 cm³/mol. The summed E-state index contributed by atoms with van der Waals surface area (Å²) in [6.45, 7) is 1.56. The maximum atomic E-state index is 13.1. The van der Waals surface area contributed by atoms with Gasteiger partial charge in [-0.15, -0.1) is 0 Å². The topological polar surface area (TPSA) is 33.2 Å². The minimum atomic E-state index is -0.459. The lowest BCUT2D eigenvalue weighted by Crippen LogP contribution is -2.29. The molecule has 3 nitrogen and oxygen atoms in total. The number of carbonyl (C=O) groups is 1. The van der Waals surface area contributed by atoms with Gasteiger partial charge in [-0.1, -0.05) is 12.2 Å². The quantitative estimate of drug-likeness (QED) is 0.712. The van der Waals surface area contributed by atoms with Crippen molar-refractivity contribution in [1.29, 1.82) is 0 Å². The average Bonchev–Trinajstić information content (AvgIpc) is 2.81. The van der Waals surface area contributed by atoms with Crippen molar-refractivity contribution in [3.63, 3.8) is 0 Å². The monoisotopic (exact) mass is 246 g/mol. The fourth-order valence-electron chi connectivity index (χ4n) is 2.89. The highest BCUT2D eigenvalue weighted by atomic mass is 19.1. The molecule has 1 aromatic heterocycles. The van der Waals surface area contributed by atoms with Gasteiger partial charge in [0, 0.05) is 19.3 Å². The molecule has 4 heteroatoms. The van der Waals surface area contributed by atoms with Gasteiger partial charge in [0.1, 0.15) is 5.82 Å². The maximum absolute atomic E-state index is 13.1. The maximum Gasteiger partial charge on any atom is 0.255 e. The van der Waals surface area contributed by atoms with Crippen molar-refractivity contribution >= 4 is 5.91 Å². The van der Waals surface area contributed by atoms with Gasteiger partial charge in [-0.25, -0.2) is 4.39 Å². The molecular weight excluding hydrogens is 231 g/mol. The number of halogens is 1. The third kappa shape index (κ3) is 2.03. The lowest BCUT2D eigenvalue weighted by Gasteiger charge is -2.17. The summed E-state index contributed by atoms with van der Waals surface area (Å²) in [5, 5.41) is 0. The van der Waals surface area contributed by atoms with Crippen LogP contribution in [0.25, 0.3) is 0 Å². The standard InChI is InChI=1S/C14H15FN2O/c15-13-5-12(6-16-7-13)14(18)17-8-10-3-1-2-4-11(10)9-17/h1-2,5-7,10-11H,3-4,8-9H2/t10-,11+. The van der Waals surface area contributed by atoms with Crippen LogP contribution in [-0.4, -0.2) is 28.9 Å². The van der Waals surface area contributed by atoms with Crippen molar-refractivity contribution in [2.75, 3.05) is 13.1 Å². The van der Waals surface area contributed by atoms with Crippen LogP contribution in [0.15, 0.2) is 30.6 Å². The molecule has 2 atom stereocenters. The summed E-state index contributed by atoms with van der Waals surface area (Å²) >= 11 is 0. The first-order valence-electron chi connectivity index (χ1n) is 6.29. The number of pyridine rings is 1. The molecule has 18 heavy (non-hydrogen) atoms. The molecule has 3 rings (SSSR count). The number of carbonyl (C=O) groups excluding carboxylic acids is 1. The molecule has 2 aliphatic rings. The molecule has 2 heterocycles. The molecule has 0 unspecified atom stereocenters. The van der Waals surface area contributed by atoms with Crippen LogP contribution in [0.2, 0.25) is 0 Å². The lowest BCUT2D eigenvalue weighted by molar-refractivity contribution is 0.0783. The third-order valence-corrected chi connectivity index (χ3v) is 3.86. The first-order valence-corrected chi connectivity index (χ1v) is 6.29. The van der Waals surface area contributed by atoms with Crippen LogP contribution >= 0.6 is 0 Å². The van der Waals surface area contributed by atoms with Crippen LogP contribution in [0.5, 0.6) is 0 Å². The summed E-state index contributed by atoms with van der Waals surface area (Å²) in [6, 6.07) is 1.26. The van der Waals surface area contributed by atoms with Crippen LogP contribution in [0.1, 0.15) is 23.2 Å². The van der Waals surface area contributed by atoms with E-state index in [4.69, 9.17) is 0 Å². The molecule has 0 bridgehead atoms. The molecule has 1 aliphatic carbocycles. The Labute approximate surface area is 105 Å². The number of nitrogens with zero attached hydrogens (tertiary/aromatic N) is 2. The molecule has 94 valence electrons. The zero-order chi connectivity index (χ0) is 12.5. The number of rotatable bonds is 1. The Balaban J connectivity index is 1.75. The number of fused-ring (bicyclic) bond motifs is 1. The van der Waals surface area contributed by atoms with Gasteiger partial charge in [-0.3, -0.25) is 9.78 Å². The summed E-state index contributed by atoms with van der Waals surface area (Å²) < 4.78 is 13.1. The molecule has 0 N–H and O–H groups in total. The summed E-state index contributed by atoms with van der Waals surface area (Å²) in [7, 11) is 0. The first kappa shape index (κ1) is 11.4. The van der Waals surface area contributed by atoms with E-state index in [1.807, 2.05) is 4.90 Å². The lowest BCUT2D eigenvalue weighted by atomic mass is 9.86. The highest BCUT2D eigenvalue weighted by Gasteiger charge is 2.35. The van der Waals surface area contributed by atoms with E-state index in [0.717, 1.165) is 32.1 Å². The fourth-order valence-corrected chi connectivity index (χ4v) is 2.89. The van der Waals surface area contributed by atoms with E-state index in [1.54, 1.807) is 0 Å². The van der Waals surface area contributed by atoms with Crippen molar-refractivity contribution in [3.8, 4) is 0 Å². The zero-order valence-corrected chi connectivity index (χ0v) is 10.1. The van der Waals surface area contributed by atoms with Crippen LogP contribution < -0.4 is 0 Å². The molecule has 0 radical (unpaired) electrons. The van der Waals surface area contributed by atoms with Gasteiger partial charge in [-0.05, 0) is 30.7 Å². The second-order valence-electron chi connectivity index (χ2n) is 5.06. The normalized spacial score (nSPS) is 26.2. The molecular formula is C14H15FN2O. The third-order valence-electron chi connectivity index (χ3n) is 3.86. The Morgan fingerprint density at radius 3 is 2.50 bits per heavy atom. The molecule has 0 spiro atoms. The Hall–Kier alpha value is -1.71. The number of likely N-dealkylation sites (tertiary alicyclic amines) is 1. The Morgan fingerprint density at radius 1 is 1.22 bits per heavy atom. The summed E-state index contributed by atoms with van der Waals surface area (Å²) in [4.78, 5) is 17.8. The number of hydrogen-bond donors (Lipinski definition) is 0. The van der Waals surface area contributed by atoms with Crippen LogP contribution in [0.3, 0.4) is 0 Å². The molecule has 0 saturated carbocycles. The van der Waals surface area contributed by atoms with Crippen molar-refractivity contribution in [2.45, 2.75) is 12.8 Å². The van der Waals surface area contributed by atoms with E-state index in [1.165, 1.54) is 12.3 Å². The second kappa shape index (κ2) is 4.52. The largest absolute Gasteiger partial charge is 0.338 e. The molecule has 1 amide bonds. The highest BCUT2D eigenvalue weighted by Crippen LogP contribution is 2.33.